The molecule has 0 radical (unpaired) electrons. The van der Waals surface area contributed by atoms with Gasteiger partial charge in [-0.15, -0.1) is 0 Å². The van der Waals surface area contributed by atoms with Crippen LogP contribution in [0.1, 0.15) is 32.3 Å². The lowest BCUT2D eigenvalue weighted by Gasteiger charge is -2.38. The lowest BCUT2D eigenvalue weighted by atomic mass is 10.0. The molecule has 1 fully saturated rings. The molecule has 1 aliphatic rings. The van der Waals surface area contributed by atoms with Crippen LogP contribution in [-0.4, -0.2) is 60.9 Å². The molecule has 0 aliphatic carbocycles. The largest absolute Gasteiger partial charge is 0.462 e. The number of hydrogen-bond donors (Lipinski definition) is 1. The number of likely N-dealkylation sites (tertiary alicyclic amines) is 1. The third-order valence-corrected chi connectivity index (χ3v) is 4.70. The van der Waals surface area contributed by atoms with E-state index in [2.05, 4.69) is 10.5 Å². The van der Waals surface area contributed by atoms with Crippen molar-refractivity contribution in [3.05, 3.63) is 47.8 Å². The molecule has 1 atom stereocenters. The number of hydrogen-bond acceptors (Lipinski definition) is 7. The number of ether oxygens (including phenoxy) is 2. The second-order valence-electron chi connectivity index (χ2n) is 6.69. The van der Waals surface area contributed by atoms with Gasteiger partial charge in [-0.25, -0.2) is 9.59 Å². The smallest absolute Gasteiger partial charge is 0.410 e. The summed E-state index contributed by atoms with van der Waals surface area (Å²) in [5.74, 6) is 0.248. The number of hydrazone groups is 1. The molecule has 0 saturated carbocycles. The van der Waals surface area contributed by atoms with E-state index >= 15 is 0 Å². The first kappa shape index (κ1) is 22.3. The average molecular weight is 402 g/mol. The van der Waals surface area contributed by atoms with Crippen molar-refractivity contribution >= 4 is 18.3 Å². The first-order chi connectivity index (χ1) is 14.0. The highest BCUT2D eigenvalue weighted by atomic mass is 16.6. The molecule has 2 rings (SSSR count). The number of rotatable bonds is 8. The van der Waals surface area contributed by atoms with Crippen molar-refractivity contribution in [3.63, 3.8) is 0 Å². The summed E-state index contributed by atoms with van der Waals surface area (Å²) in [5, 5.41) is 3.93. The summed E-state index contributed by atoms with van der Waals surface area (Å²) in [5.41, 5.74) is 3.83. The van der Waals surface area contributed by atoms with Gasteiger partial charge in [-0.3, -0.25) is 5.43 Å². The second-order valence-corrected chi connectivity index (χ2v) is 6.69. The molecule has 1 aromatic carbocycles. The molecule has 1 aromatic rings. The SMILES string of the molecule is C/C=C(\N/N=C/C(=O)OCC)N(C)[C@H]1CCCN(C(=O)OCc2ccccc2)C1. The molecule has 0 unspecified atom stereocenters. The maximum atomic E-state index is 12.5. The van der Waals surface area contributed by atoms with Crippen LogP contribution in [0.4, 0.5) is 4.79 Å². The number of allylic oxidation sites excluding steroid dienone is 1. The van der Waals surface area contributed by atoms with Gasteiger partial charge in [0.25, 0.3) is 0 Å². The van der Waals surface area contributed by atoms with Crippen LogP contribution < -0.4 is 5.43 Å². The quantitative estimate of drug-likeness (QED) is 0.409. The molecule has 1 saturated heterocycles. The number of nitrogens with zero attached hydrogens (tertiary/aromatic N) is 3. The molecule has 1 aliphatic heterocycles. The van der Waals surface area contributed by atoms with Crippen LogP contribution in [0.3, 0.4) is 0 Å². The Kier molecular flexibility index (Phi) is 9.01. The minimum atomic E-state index is -0.497. The topological polar surface area (TPSA) is 83.5 Å². The Morgan fingerprint density at radius 2 is 2.07 bits per heavy atom. The van der Waals surface area contributed by atoms with Gasteiger partial charge in [0, 0.05) is 26.2 Å². The number of benzene rings is 1. The molecule has 0 bridgehead atoms. The summed E-state index contributed by atoms with van der Waals surface area (Å²) in [6, 6.07) is 9.75. The first-order valence-corrected chi connectivity index (χ1v) is 9.85. The van der Waals surface area contributed by atoms with Crippen LogP contribution in [0.2, 0.25) is 0 Å². The summed E-state index contributed by atoms with van der Waals surface area (Å²) in [6.45, 7) is 5.43. The summed E-state index contributed by atoms with van der Waals surface area (Å²) < 4.78 is 10.3. The van der Waals surface area contributed by atoms with Gasteiger partial charge < -0.3 is 19.3 Å². The van der Waals surface area contributed by atoms with E-state index < -0.39 is 5.97 Å². The predicted molar refractivity (Wildman–Crippen MR) is 111 cm³/mol. The summed E-state index contributed by atoms with van der Waals surface area (Å²) in [4.78, 5) is 27.6. The maximum Gasteiger partial charge on any atom is 0.410 e. The van der Waals surface area contributed by atoms with Gasteiger partial charge in [0.05, 0.1) is 6.61 Å². The van der Waals surface area contributed by atoms with E-state index in [1.807, 2.05) is 55.3 Å². The number of amides is 1. The zero-order valence-corrected chi connectivity index (χ0v) is 17.3. The van der Waals surface area contributed by atoms with Crippen molar-refractivity contribution in [2.75, 3.05) is 26.7 Å². The number of carbonyl (C=O) groups excluding carboxylic acids is 2. The van der Waals surface area contributed by atoms with Gasteiger partial charge in [-0.1, -0.05) is 30.3 Å². The van der Waals surface area contributed by atoms with E-state index in [0.717, 1.165) is 30.4 Å². The van der Waals surface area contributed by atoms with Crippen LogP contribution in [0.5, 0.6) is 0 Å². The highest BCUT2D eigenvalue weighted by molar-refractivity contribution is 6.23. The third kappa shape index (κ3) is 7.14. The van der Waals surface area contributed by atoms with E-state index in [0.29, 0.717) is 19.7 Å². The molecular weight excluding hydrogens is 372 g/mol. The molecule has 1 amide bonds. The highest BCUT2D eigenvalue weighted by Gasteiger charge is 2.28. The van der Waals surface area contributed by atoms with Crippen molar-refractivity contribution in [1.29, 1.82) is 0 Å². The zero-order chi connectivity index (χ0) is 21.1. The summed E-state index contributed by atoms with van der Waals surface area (Å²) >= 11 is 0. The highest BCUT2D eigenvalue weighted by Crippen LogP contribution is 2.18. The molecule has 29 heavy (non-hydrogen) atoms. The normalized spacial score (nSPS) is 17.1. The van der Waals surface area contributed by atoms with Crippen LogP contribution in [0, 0.1) is 0 Å². The Balaban J connectivity index is 1.87. The van der Waals surface area contributed by atoms with E-state index in [4.69, 9.17) is 9.47 Å². The lowest BCUT2D eigenvalue weighted by molar-refractivity contribution is -0.134. The first-order valence-electron chi connectivity index (χ1n) is 9.85. The van der Waals surface area contributed by atoms with E-state index in [9.17, 15) is 9.59 Å². The molecule has 0 aromatic heterocycles. The van der Waals surface area contributed by atoms with E-state index in [1.165, 1.54) is 0 Å². The predicted octanol–water partition coefficient (Wildman–Crippen LogP) is 2.72. The lowest BCUT2D eigenvalue weighted by Crippen LogP contribution is -2.49. The van der Waals surface area contributed by atoms with Gasteiger partial charge in [-0.05, 0) is 38.3 Å². The molecule has 0 spiro atoms. The minimum absolute atomic E-state index is 0.115. The van der Waals surface area contributed by atoms with Crippen molar-refractivity contribution in [2.24, 2.45) is 5.10 Å². The minimum Gasteiger partial charge on any atom is -0.462 e. The third-order valence-electron chi connectivity index (χ3n) is 4.70. The van der Waals surface area contributed by atoms with Crippen LogP contribution in [0.15, 0.2) is 47.3 Å². The number of nitrogens with one attached hydrogen (secondary N) is 1. The second kappa shape index (κ2) is 11.7. The van der Waals surface area contributed by atoms with E-state index in [-0.39, 0.29) is 18.7 Å². The van der Waals surface area contributed by atoms with Crippen molar-refractivity contribution in [2.45, 2.75) is 39.3 Å². The van der Waals surface area contributed by atoms with Crippen LogP contribution in [0.25, 0.3) is 0 Å². The average Bonchev–Trinajstić information content (AvgIpc) is 2.75. The van der Waals surface area contributed by atoms with Gasteiger partial charge in [0.15, 0.2) is 0 Å². The number of likely N-dealkylation sites (N-methyl/N-ethyl adjacent to an activating group) is 1. The molecular formula is C21H30N4O4. The van der Waals surface area contributed by atoms with Crippen LogP contribution in [-0.2, 0) is 20.9 Å². The molecule has 158 valence electrons. The van der Waals surface area contributed by atoms with Crippen molar-refractivity contribution in [1.82, 2.24) is 15.2 Å². The fraction of sp³-hybridized carbons (Fsp3) is 0.476. The Labute approximate surface area is 172 Å². The standard InChI is InChI=1S/C21H30N4O4/c1-4-19(23-22-14-20(26)28-5-2)24(3)18-12-9-13-25(15-18)21(27)29-16-17-10-7-6-8-11-17/h4,6-8,10-11,14,18,23H,5,9,12-13,15-16H2,1-3H3/b19-4+,22-14+/t18-/m0/s1. The Morgan fingerprint density at radius 3 is 2.76 bits per heavy atom. The number of esters is 1. The van der Waals surface area contributed by atoms with Gasteiger partial charge in [0.2, 0.25) is 0 Å². The summed E-state index contributed by atoms with van der Waals surface area (Å²) in [6.07, 6.45) is 4.50. The van der Waals surface area contributed by atoms with Crippen LogP contribution >= 0.6 is 0 Å². The summed E-state index contributed by atoms with van der Waals surface area (Å²) in [7, 11) is 1.94. The van der Waals surface area contributed by atoms with Gasteiger partial charge in [0.1, 0.15) is 18.6 Å². The number of piperidine rings is 1. The Bertz CT molecular complexity index is 721. The van der Waals surface area contributed by atoms with E-state index in [1.54, 1.807) is 11.8 Å². The Morgan fingerprint density at radius 1 is 1.31 bits per heavy atom. The molecule has 8 heteroatoms. The fourth-order valence-corrected chi connectivity index (χ4v) is 3.12. The van der Waals surface area contributed by atoms with Crippen molar-refractivity contribution < 1.29 is 19.1 Å². The maximum absolute atomic E-state index is 12.5. The molecule has 1 heterocycles. The zero-order valence-electron chi connectivity index (χ0n) is 17.3. The fourth-order valence-electron chi connectivity index (χ4n) is 3.12. The van der Waals surface area contributed by atoms with Crippen molar-refractivity contribution in [3.8, 4) is 0 Å². The number of carbonyl (C=O) groups is 2. The monoisotopic (exact) mass is 402 g/mol. The van der Waals surface area contributed by atoms with Gasteiger partial charge in [-0.2, -0.15) is 5.10 Å². The molecule has 1 N–H and O–H groups in total. The molecule has 8 nitrogen and oxygen atoms in total. The Hall–Kier alpha value is -3.03. The van der Waals surface area contributed by atoms with Gasteiger partial charge >= 0.3 is 12.1 Å².